The van der Waals surface area contributed by atoms with E-state index in [0.29, 0.717) is 12.5 Å². The Morgan fingerprint density at radius 2 is 2.05 bits per heavy atom. The first-order chi connectivity index (χ1) is 10.8. The smallest absolute Gasteiger partial charge is 0.256 e. The van der Waals surface area contributed by atoms with Gasteiger partial charge in [0.25, 0.3) is 5.91 Å². The first-order valence-electron chi connectivity index (χ1n) is 7.95. The molecular weight excluding hydrogens is 292 g/mol. The van der Waals surface area contributed by atoms with Crippen molar-refractivity contribution in [2.45, 2.75) is 44.6 Å². The molecule has 1 heterocycles. The molecule has 4 heteroatoms. The van der Waals surface area contributed by atoms with Gasteiger partial charge in [0.15, 0.2) is 0 Å². The number of rotatable bonds is 4. The Morgan fingerprint density at radius 1 is 1.23 bits per heavy atom. The molecule has 1 aromatic carbocycles. The second-order valence-electron chi connectivity index (χ2n) is 5.93. The summed E-state index contributed by atoms with van der Waals surface area (Å²) in [6, 6.07) is 9.76. The highest BCUT2D eigenvalue weighted by Crippen LogP contribution is 2.36. The maximum atomic E-state index is 12.4. The zero-order valence-corrected chi connectivity index (χ0v) is 13.5. The zero-order valence-electron chi connectivity index (χ0n) is 12.7. The van der Waals surface area contributed by atoms with E-state index in [1.54, 1.807) is 11.3 Å². The molecule has 3 nitrogen and oxygen atoms in total. The zero-order chi connectivity index (χ0) is 15.4. The molecule has 1 aliphatic carbocycles. The van der Waals surface area contributed by atoms with Crippen molar-refractivity contribution in [3.8, 4) is 0 Å². The Hall–Kier alpha value is -1.65. The van der Waals surface area contributed by atoms with Crippen LogP contribution in [-0.2, 0) is 6.54 Å². The molecule has 1 aromatic heterocycles. The molecule has 0 atom stereocenters. The van der Waals surface area contributed by atoms with E-state index >= 15 is 0 Å². The van der Waals surface area contributed by atoms with Crippen molar-refractivity contribution in [2.24, 2.45) is 5.73 Å². The normalized spacial score (nSPS) is 15.7. The van der Waals surface area contributed by atoms with Gasteiger partial charge in [-0.3, -0.25) is 4.79 Å². The lowest BCUT2D eigenvalue weighted by Crippen LogP contribution is -2.11. The van der Waals surface area contributed by atoms with E-state index in [0.717, 1.165) is 16.8 Å². The van der Waals surface area contributed by atoms with Gasteiger partial charge in [-0.05, 0) is 42.5 Å². The number of carbonyl (C=O) groups is 1. The van der Waals surface area contributed by atoms with E-state index < -0.39 is 0 Å². The summed E-state index contributed by atoms with van der Waals surface area (Å²) in [6.45, 7) is 0.480. The summed E-state index contributed by atoms with van der Waals surface area (Å²) in [5.74, 6) is 0.619. The molecule has 3 rings (SSSR count). The largest absolute Gasteiger partial charge is 0.326 e. The van der Waals surface area contributed by atoms with Gasteiger partial charge in [-0.2, -0.15) is 0 Å². The van der Waals surface area contributed by atoms with Crippen molar-refractivity contribution in [1.29, 1.82) is 0 Å². The number of hydrogen-bond donors (Lipinski definition) is 2. The molecule has 0 aliphatic heterocycles. The van der Waals surface area contributed by atoms with Gasteiger partial charge in [-0.25, -0.2) is 0 Å². The molecule has 0 bridgehead atoms. The van der Waals surface area contributed by atoms with Crippen LogP contribution in [0.4, 0.5) is 5.69 Å². The van der Waals surface area contributed by atoms with Gasteiger partial charge in [-0.15, -0.1) is 11.3 Å². The maximum Gasteiger partial charge on any atom is 0.256 e. The third-order valence-corrected chi connectivity index (χ3v) is 5.41. The van der Waals surface area contributed by atoms with Gasteiger partial charge in [0.05, 0.1) is 5.56 Å². The number of thiophene rings is 1. The predicted octanol–water partition coefficient (Wildman–Crippen LogP) is 4.51. The minimum Gasteiger partial charge on any atom is -0.326 e. The maximum absolute atomic E-state index is 12.4. The summed E-state index contributed by atoms with van der Waals surface area (Å²) in [5.41, 5.74) is 8.23. The van der Waals surface area contributed by atoms with Crippen LogP contribution in [0, 0.1) is 0 Å². The van der Waals surface area contributed by atoms with Crippen LogP contribution in [0.5, 0.6) is 0 Å². The van der Waals surface area contributed by atoms with Crippen LogP contribution in [-0.4, -0.2) is 5.91 Å². The highest BCUT2D eigenvalue weighted by Gasteiger charge is 2.18. The van der Waals surface area contributed by atoms with Gasteiger partial charge >= 0.3 is 0 Å². The molecule has 3 N–H and O–H groups in total. The van der Waals surface area contributed by atoms with Crippen molar-refractivity contribution in [1.82, 2.24) is 0 Å². The Balaban J connectivity index is 1.68. The fourth-order valence-corrected chi connectivity index (χ4v) is 4.11. The summed E-state index contributed by atoms with van der Waals surface area (Å²) >= 11 is 1.72. The highest BCUT2D eigenvalue weighted by atomic mass is 32.1. The van der Waals surface area contributed by atoms with E-state index in [-0.39, 0.29) is 5.91 Å². The molecule has 1 amide bonds. The number of hydrogen-bond acceptors (Lipinski definition) is 3. The minimum atomic E-state index is -0.0347. The summed E-state index contributed by atoms with van der Waals surface area (Å²) in [4.78, 5) is 13.7. The molecule has 1 fully saturated rings. The van der Waals surface area contributed by atoms with Crippen molar-refractivity contribution in [3.63, 3.8) is 0 Å². The summed E-state index contributed by atoms with van der Waals surface area (Å²) in [7, 11) is 0. The van der Waals surface area contributed by atoms with Crippen LogP contribution in [0.2, 0.25) is 0 Å². The van der Waals surface area contributed by atoms with Crippen LogP contribution < -0.4 is 11.1 Å². The van der Waals surface area contributed by atoms with Crippen molar-refractivity contribution in [3.05, 3.63) is 51.7 Å². The second-order valence-corrected chi connectivity index (χ2v) is 6.87. The second kappa shape index (κ2) is 7.07. The number of amides is 1. The van der Waals surface area contributed by atoms with Crippen LogP contribution in [0.15, 0.2) is 35.7 Å². The van der Waals surface area contributed by atoms with Crippen LogP contribution in [0.25, 0.3) is 0 Å². The van der Waals surface area contributed by atoms with Crippen LogP contribution in [0.1, 0.15) is 58.8 Å². The average molecular weight is 314 g/mol. The van der Waals surface area contributed by atoms with Gasteiger partial charge in [-0.1, -0.05) is 31.4 Å². The molecule has 1 aliphatic rings. The van der Waals surface area contributed by atoms with Crippen molar-refractivity contribution < 1.29 is 4.79 Å². The molecule has 0 spiro atoms. The Labute approximate surface area is 135 Å². The molecule has 2 aromatic rings. The Morgan fingerprint density at radius 3 is 2.82 bits per heavy atom. The van der Waals surface area contributed by atoms with E-state index in [1.165, 1.54) is 37.0 Å². The first kappa shape index (κ1) is 15.3. The van der Waals surface area contributed by atoms with E-state index in [4.69, 9.17) is 5.73 Å². The molecule has 22 heavy (non-hydrogen) atoms. The lowest BCUT2D eigenvalue weighted by atomic mass is 9.88. The number of benzene rings is 1. The SMILES string of the molecule is NCc1cccc(NC(=O)c2csc(C3CCCCC3)c2)c1. The van der Waals surface area contributed by atoms with E-state index in [9.17, 15) is 4.79 Å². The summed E-state index contributed by atoms with van der Waals surface area (Å²) in [5, 5.41) is 4.94. The van der Waals surface area contributed by atoms with Crippen molar-refractivity contribution >= 4 is 22.9 Å². The fraction of sp³-hybridized carbons (Fsp3) is 0.389. The molecule has 1 saturated carbocycles. The van der Waals surface area contributed by atoms with Crippen molar-refractivity contribution in [2.75, 3.05) is 5.32 Å². The van der Waals surface area contributed by atoms with Gasteiger partial charge in [0.1, 0.15) is 0 Å². The minimum absolute atomic E-state index is 0.0347. The standard InChI is InChI=1S/C18H22N2OS/c19-11-13-5-4-8-16(9-13)20-18(21)15-10-17(22-12-15)14-6-2-1-3-7-14/h4-5,8-10,12,14H,1-3,6-7,11,19H2,(H,20,21). The van der Waals surface area contributed by atoms with Crippen LogP contribution >= 0.6 is 11.3 Å². The van der Waals surface area contributed by atoms with Gasteiger partial charge in [0, 0.05) is 22.5 Å². The van der Waals surface area contributed by atoms with Crippen LogP contribution in [0.3, 0.4) is 0 Å². The fourth-order valence-electron chi connectivity index (χ4n) is 3.05. The van der Waals surface area contributed by atoms with E-state index in [2.05, 4.69) is 11.4 Å². The molecule has 0 saturated heterocycles. The van der Waals surface area contributed by atoms with Gasteiger partial charge in [0.2, 0.25) is 0 Å². The number of anilines is 1. The third-order valence-electron chi connectivity index (χ3n) is 4.31. The molecule has 0 unspecified atom stereocenters. The quantitative estimate of drug-likeness (QED) is 0.872. The highest BCUT2D eigenvalue weighted by molar-refractivity contribution is 7.10. The monoisotopic (exact) mass is 314 g/mol. The first-order valence-corrected chi connectivity index (χ1v) is 8.83. The molecule has 116 valence electrons. The molecule has 0 radical (unpaired) electrons. The number of carbonyl (C=O) groups excluding carboxylic acids is 1. The number of nitrogens with one attached hydrogen (secondary N) is 1. The number of nitrogens with two attached hydrogens (primary N) is 1. The predicted molar refractivity (Wildman–Crippen MR) is 92.4 cm³/mol. The Kier molecular flexibility index (Phi) is 4.90. The lowest BCUT2D eigenvalue weighted by molar-refractivity contribution is 0.102. The molecular formula is C18H22N2OS. The van der Waals surface area contributed by atoms with E-state index in [1.807, 2.05) is 29.6 Å². The summed E-state index contributed by atoms with van der Waals surface area (Å²) < 4.78 is 0. The average Bonchev–Trinajstić information content (AvgIpc) is 3.06. The summed E-state index contributed by atoms with van der Waals surface area (Å²) in [6.07, 6.45) is 6.51. The lowest BCUT2D eigenvalue weighted by Gasteiger charge is -2.19. The topological polar surface area (TPSA) is 55.1 Å². The third kappa shape index (κ3) is 3.57. The van der Waals surface area contributed by atoms with Gasteiger partial charge < -0.3 is 11.1 Å². The Bertz CT molecular complexity index is 644.